The number of benzene rings is 3. The molecular weight excluding hydrogens is 522 g/mol. The number of rotatable bonds is 12. The van der Waals surface area contributed by atoms with Gasteiger partial charge in [-0.05, 0) is 40.7 Å². The molecule has 0 fully saturated rings. The van der Waals surface area contributed by atoms with Crippen LogP contribution in [0.15, 0.2) is 84.9 Å². The maximum Gasteiger partial charge on any atom is 0.244 e. The molecule has 1 atom stereocenters. The van der Waals surface area contributed by atoms with Crippen LogP contribution in [0.4, 0.5) is 5.69 Å². The highest BCUT2D eigenvalue weighted by atomic mass is 32.2. The van der Waals surface area contributed by atoms with Gasteiger partial charge in [0.25, 0.3) is 0 Å². The van der Waals surface area contributed by atoms with Crippen molar-refractivity contribution in [2.24, 2.45) is 0 Å². The smallest absolute Gasteiger partial charge is 0.244 e. The van der Waals surface area contributed by atoms with Crippen molar-refractivity contribution < 1.29 is 18.0 Å². The Morgan fingerprint density at radius 1 is 0.850 bits per heavy atom. The van der Waals surface area contributed by atoms with Gasteiger partial charge in [0.15, 0.2) is 0 Å². The minimum atomic E-state index is -3.80. The normalized spacial score (nSPS) is 12.4. The van der Waals surface area contributed by atoms with Crippen LogP contribution in [-0.4, -0.2) is 50.5 Å². The summed E-state index contributed by atoms with van der Waals surface area (Å²) < 4.78 is 27.0. The number of anilines is 1. The van der Waals surface area contributed by atoms with Gasteiger partial charge in [-0.15, -0.1) is 0 Å². The molecule has 40 heavy (non-hydrogen) atoms. The Hall–Kier alpha value is -3.65. The first kappa shape index (κ1) is 30.9. The molecule has 0 aliphatic rings. The fourth-order valence-electron chi connectivity index (χ4n) is 4.44. The molecular formula is C32H41N3O4S. The molecule has 3 aromatic rings. The molecule has 0 aliphatic heterocycles. The zero-order chi connectivity index (χ0) is 29.3. The maximum atomic E-state index is 14.1. The predicted molar refractivity (Wildman–Crippen MR) is 162 cm³/mol. The second-order valence-corrected chi connectivity index (χ2v) is 13.0. The van der Waals surface area contributed by atoms with E-state index in [1.807, 2.05) is 79.7 Å². The molecule has 0 saturated heterocycles. The summed E-state index contributed by atoms with van der Waals surface area (Å²) in [5, 5.41) is 2.94. The molecule has 0 spiro atoms. The van der Waals surface area contributed by atoms with E-state index in [2.05, 4.69) is 26.1 Å². The van der Waals surface area contributed by atoms with Gasteiger partial charge in [0.1, 0.15) is 12.6 Å². The van der Waals surface area contributed by atoms with Gasteiger partial charge in [-0.1, -0.05) is 100 Å². The van der Waals surface area contributed by atoms with Crippen LogP contribution >= 0.6 is 0 Å². The lowest BCUT2D eigenvalue weighted by molar-refractivity contribution is -0.140. The van der Waals surface area contributed by atoms with Crippen molar-refractivity contribution in [2.45, 2.75) is 58.5 Å². The highest BCUT2D eigenvalue weighted by Gasteiger charge is 2.33. The largest absolute Gasteiger partial charge is 0.354 e. The Morgan fingerprint density at radius 2 is 1.40 bits per heavy atom. The third-order valence-corrected chi connectivity index (χ3v) is 7.86. The number of sulfonamides is 1. The summed E-state index contributed by atoms with van der Waals surface area (Å²) in [5.74, 6) is -0.725. The van der Waals surface area contributed by atoms with Crippen LogP contribution in [0.5, 0.6) is 0 Å². The number of hydrogen-bond donors (Lipinski definition) is 1. The Morgan fingerprint density at radius 3 is 1.90 bits per heavy atom. The highest BCUT2D eigenvalue weighted by Crippen LogP contribution is 2.26. The third kappa shape index (κ3) is 8.68. The van der Waals surface area contributed by atoms with Gasteiger partial charge in [-0.3, -0.25) is 13.9 Å². The highest BCUT2D eigenvalue weighted by molar-refractivity contribution is 7.92. The quantitative estimate of drug-likeness (QED) is 0.339. The van der Waals surface area contributed by atoms with Crippen molar-refractivity contribution in [3.8, 4) is 0 Å². The average molecular weight is 564 g/mol. The summed E-state index contributed by atoms with van der Waals surface area (Å²) in [6, 6.07) is 25.4. The summed E-state index contributed by atoms with van der Waals surface area (Å²) in [7, 11) is -3.80. The molecule has 0 bridgehead atoms. The van der Waals surface area contributed by atoms with Gasteiger partial charge >= 0.3 is 0 Å². The van der Waals surface area contributed by atoms with Crippen LogP contribution in [-0.2, 0) is 38.0 Å². The predicted octanol–water partition coefficient (Wildman–Crippen LogP) is 4.92. The molecule has 0 radical (unpaired) electrons. The van der Waals surface area contributed by atoms with Crippen LogP contribution in [0.3, 0.4) is 0 Å². The summed E-state index contributed by atoms with van der Waals surface area (Å²) in [6.45, 7) is 8.43. The van der Waals surface area contributed by atoms with Crippen molar-refractivity contribution >= 4 is 27.5 Å². The number of carbonyl (C=O) groups excluding carboxylic acids is 2. The summed E-state index contributed by atoms with van der Waals surface area (Å²) >= 11 is 0. The molecule has 0 aromatic heterocycles. The lowest BCUT2D eigenvalue weighted by atomic mass is 9.87. The van der Waals surface area contributed by atoms with Gasteiger partial charge in [-0.25, -0.2) is 8.42 Å². The zero-order valence-electron chi connectivity index (χ0n) is 24.1. The van der Waals surface area contributed by atoms with E-state index >= 15 is 0 Å². The van der Waals surface area contributed by atoms with Gasteiger partial charge in [0, 0.05) is 19.5 Å². The van der Waals surface area contributed by atoms with Gasteiger partial charge in [0.2, 0.25) is 21.8 Å². The van der Waals surface area contributed by atoms with Crippen molar-refractivity contribution in [2.75, 3.05) is 23.7 Å². The average Bonchev–Trinajstić information content (AvgIpc) is 2.92. The molecule has 0 heterocycles. The SMILES string of the molecule is CCCNC(=O)C(Cc1ccccc1)N(Cc1ccccc1)C(=O)CN(c1ccc(C(C)(C)C)cc1)S(C)(=O)=O. The molecule has 7 nitrogen and oxygen atoms in total. The number of amides is 2. The summed E-state index contributed by atoms with van der Waals surface area (Å²) in [5.41, 5.74) is 3.10. The second kappa shape index (κ2) is 13.6. The molecule has 2 amide bonds. The van der Waals surface area contributed by atoms with Crippen molar-refractivity contribution in [1.82, 2.24) is 10.2 Å². The van der Waals surface area contributed by atoms with Crippen LogP contribution in [0, 0.1) is 0 Å². The monoisotopic (exact) mass is 563 g/mol. The standard InChI is InChI=1S/C32H41N3O4S/c1-6-21-33-31(37)29(22-25-13-9-7-10-14-25)34(23-26-15-11-8-12-16-26)30(36)24-35(40(5,38)39)28-19-17-27(18-20-28)32(2,3)4/h7-20,29H,6,21-24H2,1-5H3,(H,33,37). The summed E-state index contributed by atoms with van der Waals surface area (Å²) in [4.78, 5) is 29.1. The van der Waals surface area contributed by atoms with E-state index in [4.69, 9.17) is 0 Å². The Balaban J connectivity index is 2.01. The minimum Gasteiger partial charge on any atom is -0.354 e. The first-order chi connectivity index (χ1) is 18.9. The van der Waals surface area contributed by atoms with Crippen LogP contribution in [0.25, 0.3) is 0 Å². The summed E-state index contributed by atoms with van der Waals surface area (Å²) in [6.07, 6.45) is 2.14. The van der Waals surface area contributed by atoms with Crippen molar-refractivity contribution in [1.29, 1.82) is 0 Å². The number of hydrogen-bond acceptors (Lipinski definition) is 4. The number of nitrogens with zero attached hydrogens (tertiary/aromatic N) is 2. The molecule has 214 valence electrons. The van der Waals surface area contributed by atoms with E-state index < -0.39 is 28.5 Å². The van der Waals surface area contributed by atoms with Crippen LogP contribution in [0.2, 0.25) is 0 Å². The fraction of sp³-hybridized carbons (Fsp3) is 0.375. The molecule has 1 unspecified atom stereocenters. The molecule has 3 aromatic carbocycles. The molecule has 8 heteroatoms. The Labute approximate surface area is 239 Å². The zero-order valence-corrected chi connectivity index (χ0v) is 24.9. The number of carbonyl (C=O) groups is 2. The van der Waals surface area contributed by atoms with Crippen molar-refractivity contribution in [3.63, 3.8) is 0 Å². The van der Waals surface area contributed by atoms with Crippen LogP contribution < -0.4 is 9.62 Å². The molecule has 1 N–H and O–H groups in total. The van der Waals surface area contributed by atoms with E-state index in [1.165, 1.54) is 4.90 Å². The van der Waals surface area contributed by atoms with E-state index in [0.29, 0.717) is 18.7 Å². The minimum absolute atomic E-state index is 0.104. The first-order valence-electron chi connectivity index (χ1n) is 13.6. The van der Waals surface area contributed by atoms with Crippen LogP contribution in [0.1, 0.15) is 50.8 Å². The van der Waals surface area contributed by atoms with Gasteiger partial charge in [-0.2, -0.15) is 0 Å². The fourth-order valence-corrected chi connectivity index (χ4v) is 5.29. The topological polar surface area (TPSA) is 86.8 Å². The number of nitrogens with one attached hydrogen (secondary N) is 1. The van der Waals surface area contributed by atoms with E-state index in [1.54, 1.807) is 12.1 Å². The maximum absolute atomic E-state index is 14.1. The molecule has 0 saturated carbocycles. The van der Waals surface area contributed by atoms with E-state index in [0.717, 1.165) is 33.7 Å². The third-order valence-electron chi connectivity index (χ3n) is 6.72. The molecule has 3 rings (SSSR count). The molecule has 0 aliphatic carbocycles. The second-order valence-electron chi connectivity index (χ2n) is 11.1. The Kier molecular flexibility index (Phi) is 10.5. The van der Waals surface area contributed by atoms with Gasteiger partial charge in [0.05, 0.1) is 11.9 Å². The van der Waals surface area contributed by atoms with Gasteiger partial charge < -0.3 is 10.2 Å². The lowest BCUT2D eigenvalue weighted by Crippen LogP contribution is -2.53. The lowest BCUT2D eigenvalue weighted by Gasteiger charge is -2.33. The van der Waals surface area contributed by atoms with Crippen molar-refractivity contribution in [3.05, 3.63) is 102 Å². The first-order valence-corrected chi connectivity index (χ1v) is 15.5. The van der Waals surface area contributed by atoms with E-state index in [9.17, 15) is 18.0 Å². The Bertz CT molecular complexity index is 1350. The van der Waals surface area contributed by atoms with E-state index in [-0.39, 0.29) is 17.9 Å².